The predicted molar refractivity (Wildman–Crippen MR) is 98.9 cm³/mol. The van der Waals surface area contributed by atoms with Crippen molar-refractivity contribution in [1.82, 2.24) is 4.98 Å². The molecule has 0 aliphatic heterocycles. The first kappa shape index (κ1) is 18.2. The van der Waals surface area contributed by atoms with Crippen molar-refractivity contribution in [2.24, 2.45) is 0 Å². The smallest absolute Gasteiger partial charge is 0.247 e. The zero-order chi connectivity index (χ0) is 18.7. The van der Waals surface area contributed by atoms with Crippen LogP contribution in [-0.4, -0.2) is 4.98 Å². The van der Waals surface area contributed by atoms with Gasteiger partial charge in [0.2, 0.25) is 0 Å². The van der Waals surface area contributed by atoms with E-state index in [1.807, 2.05) is 43.3 Å². The SMILES string of the molecule is CCc1ccc(-c2ccc(C(F)(F)F)c(-c3ccc(CC)cc3)n2)cc1. The lowest BCUT2D eigenvalue weighted by atomic mass is 10.0. The quantitative estimate of drug-likeness (QED) is 0.516. The molecule has 134 valence electrons. The molecule has 1 heterocycles. The molecule has 0 radical (unpaired) electrons. The fourth-order valence-corrected chi connectivity index (χ4v) is 2.88. The maximum atomic E-state index is 13.5. The molecule has 0 saturated carbocycles. The number of aromatic nitrogens is 1. The first-order valence-corrected chi connectivity index (χ1v) is 8.69. The van der Waals surface area contributed by atoms with Crippen molar-refractivity contribution in [3.8, 4) is 22.5 Å². The zero-order valence-corrected chi connectivity index (χ0v) is 14.8. The minimum Gasteiger partial charge on any atom is -0.247 e. The Kier molecular flexibility index (Phi) is 5.12. The number of rotatable bonds is 4. The normalized spacial score (nSPS) is 11.6. The van der Waals surface area contributed by atoms with Crippen molar-refractivity contribution in [3.63, 3.8) is 0 Å². The molecule has 0 N–H and O–H groups in total. The Bertz CT molecular complexity index is 879. The Labute approximate surface area is 151 Å². The highest BCUT2D eigenvalue weighted by Crippen LogP contribution is 2.37. The van der Waals surface area contributed by atoms with E-state index in [0.717, 1.165) is 30.0 Å². The van der Waals surface area contributed by atoms with Crippen LogP contribution in [0.15, 0.2) is 60.7 Å². The van der Waals surface area contributed by atoms with E-state index in [9.17, 15) is 13.2 Å². The van der Waals surface area contributed by atoms with Gasteiger partial charge >= 0.3 is 6.18 Å². The predicted octanol–water partition coefficient (Wildman–Crippen LogP) is 6.56. The minimum atomic E-state index is -4.45. The first-order chi connectivity index (χ1) is 12.4. The topological polar surface area (TPSA) is 12.9 Å². The number of benzene rings is 2. The third-order valence-electron chi connectivity index (χ3n) is 4.49. The maximum absolute atomic E-state index is 13.5. The number of hydrogen-bond donors (Lipinski definition) is 0. The van der Waals surface area contributed by atoms with E-state index in [4.69, 9.17) is 0 Å². The van der Waals surface area contributed by atoms with Gasteiger partial charge < -0.3 is 0 Å². The van der Waals surface area contributed by atoms with Gasteiger partial charge in [-0.05, 0) is 36.1 Å². The first-order valence-electron chi connectivity index (χ1n) is 8.69. The molecule has 3 aromatic rings. The fourth-order valence-electron chi connectivity index (χ4n) is 2.88. The lowest BCUT2D eigenvalue weighted by Crippen LogP contribution is -2.09. The van der Waals surface area contributed by atoms with Gasteiger partial charge in [-0.15, -0.1) is 0 Å². The summed E-state index contributed by atoms with van der Waals surface area (Å²) in [6.45, 7) is 4.07. The number of pyridine rings is 1. The lowest BCUT2D eigenvalue weighted by Gasteiger charge is -2.14. The standard InChI is InChI=1S/C22H20F3N/c1-3-15-5-9-17(10-6-15)20-14-13-19(22(23,24)25)21(26-20)18-11-7-16(4-2)8-12-18/h5-14H,3-4H2,1-2H3. The molecule has 0 bridgehead atoms. The molecule has 3 rings (SSSR count). The molecule has 2 aromatic carbocycles. The van der Waals surface area contributed by atoms with E-state index in [1.165, 1.54) is 11.6 Å². The van der Waals surface area contributed by atoms with Gasteiger partial charge in [0.1, 0.15) is 0 Å². The number of nitrogens with zero attached hydrogens (tertiary/aromatic N) is 1. The van der Waals surface area contributed by atoms with Crippen LogP contribution in [0.4, 0.5) is 13.2 Å². The molecule has 0 saturated heterocycles. The van der Waals surface area contributed by atoms with Crippen LogP contribution in [0.5, 0.6) is 0 Å². The Morgan fingerprint density at radius 3 is 1.65 bits per heavy atom. The van der Waals surface area contributed by atoms with Crippen LogP contribution in [0.1, 0.15) is 30.5 Å². The number of halogens is 3. The Morgan fingerprint density at radius 1 is 0.692 bits per heavy atom. The van der Waals surface area contributed by atoms with Crippen LogP contribution >= 0.6 is 0 Å². The average Bonchev–Trinajstić information content (AvgIpc) is 2.67. The summed E-state index contributed by atoms with van der Waals surface area (Å²) < 4.78 is 40.4. The third-order valence-corrected chi connectivity index (χ3v) is 4.49. The van der Waals surface area contributed by atoms with Crippen molar-refractivity contribution in [2.75, 3.05) is 0 Å². The zero-order valence-electron chi connectivity index (χ0n) is 14.8. The fraction of sp³-hybridized carbons (Fsp3) is 0.227. The summed E-state index contributed by atoms with van der Waals surface area (Å²) in [6.07, 6.45) is -2.70. The van der Waals surface area contributed by atoms with Gasteiger partial charge in [-0.3, -0.25) is 0 Å². The number of aryl methyl sites for hydroxylation is 2. The van der Waals surface area contributed by atoms with E-state index >= 15 is 0 Å². The van der Waals surface area contributed by atoms with Crippen LogP contribution in [0, 0.1) is 0 Å². The van der Waals surface area contributed by atoms with E-state index in [-0.39, 0.29) is 5.69 Å². The molecule has 0 fully saturated rings. The molecule has 26 heavy (non-hydrogen) atoms. The van der Waals surface area contributed by atoms with E-state index in [1.54, 1.807) is 12.1 Å². The average molecular weight is 355 g/mol. The molecule has 0 atom stereocenters. The van der Waals surface area contributed by atoms with Gasteiger partial charge in [-0.1, -0.05) is 62.4 Å². The summed E-state index contributed by atoms with van der Waals surface area (Å²) >= 11 is 0. The second-order valence-electron chi connectivity index (χ2n) is 6.19. The third kappa shape index (κ3) is 3.79. The Morgan fingerprint density at radius 2 is 1.19 bits per heavy atom. The summed E-state index contributed by atoms with van der Waals surface area (Å²) in [5.74, 6) is 0. The van der Waals surface area contributed by atoms with Crippen molar-refractivity contribution >= 4 is 0 Å². The van der Waals surface area contributed by atoms with Crippen LogP contribution in [-0.2, 0) is 19.0 Å². The van der Waals surface area contributed by atoms with Gasteiger partial charge in [0.05, 0.1) is 17.0 Å². The minimum absolute atomic E-state index is 0.0304. The van der Waals surface area contributed by atoms with E-state index in [2.05, 4.69) is 11.9 Å². The molecule has 0 amide bonds. The molecule has 0 aliphatic carbocycles. The summed E-state index contributed by atoms with van der Waals surface area (Å²) in [6, 6.07) is 17.4. The van der Waals surface area contributed by atoms with Crippen molar-refractivity contribution in [2.45, 2.75) is 32.9 Å². The van der Waals surface area contributed by atoms with Crippen molar-refractivity contribution in [3.05, 3.63) is 77.4 Å². The van der Waals surface area contributed by atoms with Gasteiger partial charge in [-0.2, -0.15) is 13.2 Å². The highest BCUT2D eigenvalue weighted by Gasteiger charge is 2.34. The molecule has 1 aromatic heterocycles. The number of hydrogen-bond acceptors (Lipinski definition) is 1. The largest absolute Gasteiger partial charge is 0.418 e. The van der Waals surface area contributed by atoms with Crippen LogP contribution in [0.2, 0.25) is 0 Å². The second-order valence-corrected chi connectivity index (χ2v) is 6.19. The second kappa shape index (κ2) is 7.32. The summed E-state index contributed by atoms with van der Waals surface area (Å²) in [7, 11) is 0. The molecule has 1 nitrogen and oxygen atoms in total. The summed E-state index contributed by atoms with van der Waals surface area (Å²) in [4.78, 5) is 4.37. The lowest BCUT2D eigenvalue weighted by molar-refractivity contribution is -0.137. The molecular weight excluding hydrogens is 335 g/mol. The highest BCUT2D eigenvalue weighted by molar-refractivity contribution is 5.69. The summed E-state index contributed by atoms with van der Waals surface area (Å²) in [5, 5.41) is 0. The molecule has 4 heteroatoms. The molecule has 0 spiro atoms. The van der Waals surface area contributed by atoms with Gasteiger partial charge in [0, 0.05) is 11.1 Å². The van der Waals surface area contributed by atoms with Crippen molar-refractivity contribution < 1.29 is 13.2 Å². The monoisotopic (exact) mass is 355 g/mol. The van der Waals surface area contributed by atoms with Crippen LogP contribution in [0.25, 0.3) is 22.5 Å². The van der Waals surface area contributed by atoms with E-state index in [0.29, 0.717) is 11.3 Å². The van der Waals surface area contributed by atoms with Gasteiger partial charge in [0.15, 0.2) is 0 Å². The summed E-state index contributed by atoms with van der Waals surface area (Å²) in [5.41, 5.74) is 3.33. The maximum Gasteiger partial charge on any atom is 0.418 e. The Balaban J connectivity index is 2.11. The number of alkyl halides is 3. The van der Waals surface area contributed by atoms with Gasteiger partial charge in [0.25, 0.3) is 0 Å². The molecular formula is C22H20F3N. The highest BCUT2D eigenvalue weighted by atomic mass is 19.4. The van der Waals surface area contributed by atoms with Crippen LogP contribution < -0.4 is 0 Å². The molecule has 0 unspecified atom stereocenters. The van der Waals surface area contributed by atoms with Crippen LogP contribution in [0.3, 0.4) is 0 Å². The van der Waals surface area contributed by atoms with E-state index < -0.39 is 11.7 Å². The Hall–Kier alpha value is -2.62. The molecule has 0 aliphatic rings. The van der Waals surface area contributed by atoms with Crippen molar-refractivity contribution in [1.29, 1.82) is 0 Å². The van der Waals surface area contributed by atoms with Gasteiger partial charge in [-0.25, -0.2) is 4.98 Å².